The molecule has 0 aliphatic carbocycles. The van der Waals surface area contributed by atoms with Gasteiger partial charge >= 0.3 is 0 Å². The zero-order valence-electron chi connectivity index (χ0n) is 16.9. The first-order valence-corrected chi connectivity index (χ1v) is 10.5. The molecule has 0 radical (unpaired) electrons. The van der Waals surface area contributed by atoms with Crippen molar-refractivity contribution in [3.05, 3.63) is 77.2 Å². The van der Waals surface area contributed by atoms with Gasteiger partial charge in [0.15, 0.2) is 5.65 Å². The van der Waals surface area contributed by atoms with Crippen molar-refractivity contribution in [3.63, 3.8) is 0 Å². The van der Waals surface area contributed by atoms with Gasteiger partial charge in [-0.3, -0.25) is 4.90 Å². The van der Waals surface area contributed by atoms with Crippen LogP contribution in [-0.2, 0) is 6.54 Å². The second-order valence-corrected chi connectivity index (χ2v) is 8.08. The minimum Gasteiger partial charge on any atom is -0.353 e. The summed E-state index contributed by atoms with van der Waals surface area (Å²) in [5.74, 6) is 0.948. The molecule has 0 bridgehead atoms. The standard InChI is InChI=1S/C23H23ClN6/c1-17-7-8-19(13-21(17)24)30-23-20(14-27-30)22(25-16-26-23)29-11-9-28(10-12-29)15-18-5-3-2-4-6-18/h2-8,13-14,16H,9-12,15H2,1H3. The molecule has 1 aliphatic rings. The van der Waals surface area contributed by atoms with Crippen molar-refractivity contribution in [2.24, 2.45) is 0 Å². The van der Waals surface area contributed by atoms with Crippen LogP contribution in [0, 0.1) is 6.92 Å². The SMILES string of the molecule is Cc1ccc(-n2ncc3c(N4CCN(Cc5ccccc5)CC4)ncnc32)cc1Cl. The van der Waals surface area contributed by atoms with Crippen LogP contribution in [0.5, 0.6) is 0 Å². The fraction of sp³-hybridized carbons (Fsp3) is 0.261. The van der Waals surface area contributed by atoms with Crippen LogP contribution in [0.1, 0.15) is 11.1 Å². The predicted molar refractivity (Wildman–Crippen MR) is 120 cm³/mol. The van der Waals surface area contributed by atoms with E-state index in [4.69, 9.17) is 11.6 Å². The number of fused-ring (bicyclic) bond motifs is 1. The maximum atomic E-state index is 6.32. The number of aryl methyl sites for hydroxylation is 1. The van der Waals surface area contributed by atoms with E-state index >= 15 is 0 Å². The molecule has 152 valence electrons. The molecule has 0 unspecified atom stereocenters. The molecule has 4 aromatic rings. The van der Waals surface area contributed by atoms with Crippen molar-refractivity contribution in [3.8, 4) is 5.69 Å². The molecule has 6 nitrogen and oxygen atoms in total. The van der Waals surface area contributed by atoms with E-state index in [1.54, 1.807) is 6.33 Å². The monoisotopic (exact) mass is 418 g/mol. The summed E-state index contributed by atoms with van der Waals surface area (Å²) in [7, 11) is 0. The molecular formula is C23H23ClN6. The van der Waals surface area contributed by atoms with Gasteiger partial charge in [-0.1, -0.05) is 48.0 Å². The van der Waals surface area contributed by atoms with Gasteiger partial charge in [-0.25, -0.2) is 14.6 Å². The summed E-state index contributed by atoms with van der Waals surface area (Å²) >= 11 is 6.32. The zero-order chi connectivity index (χ0) is 20.5. The van der Waals surface area contributed by atoms with Crippen LogP contribution in [-0.4, -0.2) is 50.8 Å². The smallest absolute Gasteiger partial charge is 0.168 e. The molecule has 1 aliphatic heterocycles. The molecule has 1 fully saturated rings. The largest absolute Gasteiger partial charge is 0.353 e. The number of aromatic nitrogens is 4. The van der Waals surface area contributed by atoms with E-state index in [0.717, 1.165) is 65.8 Å². The van der Waals surface area contributed by atoms with Crippen LogP contribution in [0.3, 0.4) is 0 Å². The summed E-state index contributed by atoms with van der Waals surface area (Å²) in [4.78, 5) is 13.9. The van der Waals surface area contributed by atoms with Gasteiger partial charge < -0.3 is 4.90 Å². The van der Waals surface area contributed by atoms with Gasteiger partial charge in [-0.15, -0.1) is 0 Å². The average molecular weight is 419 g/mol. The summed E-state index contributed by atoms with van der Waals surface area (Å²) in [5, 5.41) is 6.27. The quantitative estimate of drug-likeness (QED) is 0.499. The van der Waals surface area contributed by atoms with E-state index < -0.39 is 0 Å². The van der Waals surface area contributed by atoms with Crippen LogP contribution in [0.4, 0.5) is 5.82 Å². The molecule has 1 saturated heterocycles. The second-order valence-electron chi connectivity index (χ2n) is 7.67. The number of hydrogen-bond acceptors (Lipinski definition) is 5. The van der Waals surface area contributed by atoms with E-state index in [2.05, 4.69) is 55.2 Å². The number of benzene rings is 2. The summed E-state index contributed by atoms with van der Waals surface area (Å²) < 4.78 is 1.83. The predicted octanol–water partition coefficient (Wildman–Crippen LogP) is 4.10. The van der Waals surface area contributed by atoms with Crippen molar-refractivity contribution in [1.29, 1.82) is 0 Å². The maximum absolute atomic E-state index is 6.32. The number of anilines is 1. The lowest BCUT2D eigenvalue weighted by Gasteiger charge is -2.35. The lowest BCUT2D eigenvalue weighted by Crippen LogP contribution is -2.46. The van der Waals surface area contributed by atoms with Crippen molar-refractivity contribution in [1.82, 2.24) is 24.6 Å². The lowest BCUT2D eigenvalue weighted by molar-refractivity contribution is 0.249. The third kappa shape index (κ3) is 3.64. The van der Waals surface area contributed by atoms with Crippen LogP contribution < -0.4 is 4.90 Å². The highest BCUT2D eigenvalue weighted by Crippen LogP contribution is 2.27. The molecule has 30 heavy (non-hydrogen) atoms. The number of rotatable bonds is 4. The van der Waals surface area contributed by atoms with Crippen molar-refractivity contribution < 1.29 is 0 Å². The Hall–Kier alpha value is -2.96. The van der Waals surface area contributed by atoms with E-state index in [-0.39, 0.29) is 0 Å². The summed E-state index contributed by atoms with van der Waals surface area (Å²) in [6, 6.07) is 16.6. The van der Waals surface area contributed by atoms with Gasteiger partial charge in [0.05, 0.1) is 17.3 Å². The highest BCUT2D eigenvalue weighted by molar-refractivity contribution is 6.31. The molecule has 0 spiro atoms. The van der Waals surface area contributed by atoms with E-state index in [0.29, 0.717) is 0 Å². The van der Waals surface area contributed by atoms with Crippen LogP contribution in [0.15, 0.2) is 61.1 Å². The topological polar surface area (TPSA) is 50.1 Å². The van der Waals surface area contributed by atoms with Crippen molar-refractivity contribution in [2.45, 2.75) is 13.5 Å². The zero-order valence-corrected chi connectivity index (χ0v) is 17.6. The molecule has 7 heteroatoms. The Labute approximate surface area is 180 Å². The molecule has 2 aromatic heterocycles. The number of piperazine rings is 1. The van der Waals surface area contributed by atoms with Crippen molar-refractivity contribution >= 4 is 28.5 Å². The molecule has 3 heterocycles. The Morgan fingerprint density at radius 2 is 1.77 bits per heavy atom. The molecule has 5 rings (SSSR count). The number of halogens is 1. The first-order chi connectivity index (χ1) is 14.7. The van der Waals surface area contributed by atoms with Gasteiger partial charge in [-0.2, -0.15) is 5.10 Å². The maximum Gasteiger partial charge on any atom is 0.168 e. The van der Waals surface area contributed by atoms with Crippen LogP contribution >= 0.6 is 11.6 Å². The van der Waals surface area contributed by atoms with Gasteiger partial charge in [-0.05, 0) is 30.2 Å². The van der Waals surface area contributed by atoms with E-state index in [9.17, 15) is 0 Å². The lowest BCUT2D eigenvalue weighted by atomic mass is 10.2. The third-order valence-electron chi connectivity index (χ3n) is 5.67. The third-order valence-corrected chi connectivity index (χ3v) is 6.07. The first-order valence-electron chi connectivity index (χ1n) is 10.2. The molecule has 0 saturated carbocycles. The Morgan fingerprint density at radius 1 is 0.967 bits per heavy atom. The van der Waals surface area contributed by atoms with Crippen molar-refractivity contribution in [2.75, 3.05) is 31.1 Å². The average Bonchev–Trinajstić information content (AvgIpc) is 3.21. The minimum atomic E-state index is 0.722. The molecular weight excluding hydrogens is 396 g/mol. The Balaban J connectivity index is 1.37. The summed E-state index contributed by atoms with van der Waals surface area (Å²) in [6.07, 6.45) is 3.48. The van der Waals surface area contributed by atoms with Crippen LogP contribution in [0.2, 0.25) is 5.02 Å². The van der Waals surface area contributed by atoms with Crippen LogP contribution in [0.25, 0.3) is 16.7 Å². The highest BCUT2D eigenvalue weighted by atomic mass is 35.5. The minimum absolute atomic E-state index is 0.722. The van der Waals surface area contributed by atoms with Gasteiger partial charge in [0.2, 0.25) is 0 Å². The molecule has 0 amide bonds. The molecule has 2 aromatic carbocycles. The first kappa shape index (κ1) is 19.0. The fourth-order valence-electron chi connectivity index (χ4n) is 3.95. The Bertz CT molecular complexity index is 1170. The molecule has 0 atom stereocenters. The fourth-order valence-corrected chi connectivity index (χ4v) is 4.12. The van der Waals surface area contributed by atoms with E-state index in [1.165, 1.54) is 5.56 Å². The second kappa shape index (κ2) is 8.05. The Morgan fingerprint density at radius 3 is 2.53 bits per heavy atom. The normalized spacial score (nSPS) is 15.1. The summed E-state index contributed by atoms with van der Waals surface area (Å²) in [6.45, 7) is 6.84. The highest BCUT2D eigenvalue weighted by Gasteiger charge is 2.21. The van der Waals surface area contributed by atoms with E-state index in [1.807, 2.05) is 36.0 Å². The van der Waals surface area contributed by atoms with Gasteiger partial charge in [0, 0.05) is 37.7 Å². The Kier molecular flexibility index (Phi) is 5.11. The number of hydrogen-bond donors (Lipinski definition) is 0. The van der Waals surface area contributed by atoms with Gasteiger partial charge in [0.1, 0.15) is 12.1 Å². The summed E-state index contributed by atoms with van der Waals surface area (Å²) in [5.41, 5.74) is 4.10. The molecule has 0 N–H and O–H groups in total. The number of nitrogens with zero attached hydrogens (tertiary/aromatic N) is 6. The van der Waals surface area contributed by atoms with Gasteiger partial charge in [0.25, 0.3) is 0 Å².